The number of aliphatic hydroxyl groups excluding tert-OH is 1. The molecule has 112 valence electrons. The Morgan fingerprint density at radius 3 is 2.62 bits per heavy atom. The van der Waals surface area contributed by atoms with Crippen molar-refractivity contribution in [3.05, 3.63) is 57.8 Å². The maximum atomic E-state index is 12.9. The molecule has 2 N–H and O–H groups in total. The topological polar surface area (TPSA) is 41.5 Å². The predicted octanol–water partition coefficient (Wildman–Crippen LogP) is 4.09. The zero-order chi connectivity index (χ0) is 15.2. The van der Waals surface area contributed by atoms with Gasteiger partial charge in [0.2, 0.25) is 0 Å². The van der Waals surface area contributed by atoms with Crippen LogP contribution in [0.25, 0.3) is 0 Å². The molecule has 0 fully saturated rings. The number of rotatable bonds is 6. The van der Waals surface area contributed by atoms with Crippen LogP contribution in [0.2, 0.25) is 5.02 Å². The van der Waals surface area contributed by atoms with E-state index < -0.39 is 11.9 Å². The molecule has 2 aromatic rings. The van der Waals surface area contributed by atoms with Crippen LogP contribution in [-0.2, 0) is 0 Å². The highest BCUT2D eigenvalue weighted by molar-refractivity contribution is 9.10. The van der Waals surface area contributed by atoms with Gasteiger partial charge in [0.15, 0.2) is 0 Å². The van der Waals surface area contributed by atoms with Crippen molar-refractivity contribution < 1.29 is 14.2 Å². The average molecular weight is 375 g/mol. The summed E-state index contributed by atoms with van der Waals surface area (Å²) in [5.74, 6) is 0.279. The number of hydrogen-bond acceptors (Lipinski definition) is 3. The molecule has 2 aromatic carbocycles. The third-order valence-corrected chi connectivity index (χ3v) is 3.56. The molecule has 0 saturated carbocycles. The van der Waals surface area contributed by atoms with E-state index in [-0.39, 0.29) is 18.2 Å². The molecule has 1 unspecified atom stereocenters. The van der Waals surface area contributed by atoms with Crippen molar-refractivity contribution in [2.75, 3.05) is 18.5 Å². The first-order valence-corrected chi connectivity index (χ1v) is 7.47. The van der Waals surface area contributed by atoms with Gasteiger partial charge in [-0.3, -0.25) is 0 Å². The Morgan fingerprint density at radius 2 is 1.95 bits per heavy atom. The van der Waals surface area contributed by atoms with Gasteiger partial charge in [-0.05, 0) is 42.5 Å². The lowest BCUT2D eigenvalue weighted by molar-refractivity contribution is 0.117. The van der Waals surface area contributed by atoms with E-state index in [1.165, 1.54) is 18.2 Å². The molecule has 3 nitrogen and oxygen atoms in total. The molecule has 1 atom stereocenters. The summed E-state index contributed by atoms with van der Waals surface area (Å²) in [7, 11) is 0. The maximum absolute atomic E-state index is 12.9. The molecule has 0 aliphatic rings. The van der Waals surface area contributed by atoms with Gasteiger partial charge in [0.05, 0.1) is 10.7 Å². The molecule has 0 saturated heterocycles. The van der Waals surface area contributed by atoms with Crippen LogP contribution in [0.5, 0.6) is 5.75 Å². The Morgan fingerprint density at radius 1 is 1.24 bits per heavy atom. The number of halogens is 3. The normalized spacial score (nSPS) is 12.0. The fraction of sp³-hybridized carbons (Fsp3) is 0.200. The summed E-state index contributed by atoms with van der Waals surface area (Å²) >= 11 is 9.21. The second kappa shape index (κ2) is 7.64. The fourth-order valence-corrected chi connectivity index (χ4v) is 2.14. The number of anilines is 1. The van der Waals surface area contributed by atoms with Crippen LogP contribution in [0.3, 0.4) is 0 Å². The molecule has 0 heterocycles. The Hall–Kier alpha value is -1.30. The highest BCUT2D eigenvalue weighted by atomic mass is 79.9. The molecule has 0 bridgehead atoms. The Labute approximate surface area is 135 Å². The summed E-state index contributed by atoms with van der Waals surface area (Å²) in [6.45, 7) is 0.398. The van der Waals surface area contributed by atoms with E-state index in [0.717, 1.165) is 4.47 Å². The van der Waals surface area contributed by atoms with Gasteiger partial charge < -0.3 is 15.2 Å². The van der Waals surface area contributed by atoms with E-state index in [4.69, 9.17) is 16.3 Å². The van der Waals surface area contributed by atoms with Gasteiger partial charge in [0.1, 0.15) is 24.3 Å². The Bertz CT molecular complexity index is 595. The van der Waals surface area contributed by atoms with Gasteiger partial charge >= 0.3 is 0 Å². The van der Waals surface area contributed by atoms with Crippen LogP contribution in [0.4, 0.5) is 10.1 Å². The average Bonchev–Trinajstić information content (AvgIpc) is 2.46. The first-order chi connectivity index (χ1) is 10.0. The van der Waals surface area contributed by atoms with Crippen LogP contribution in [0, 0.1) is 5.82 Å². The van der Waals surface area contributed by atoms with Gasteiger partial charge in [-0.25, -0.2) is 4.39 Å². The van der Waals surface area contributed by atoms with Crippen molar-refractivity contribution in [1.82, 2.24) is 0 Å². The molecular weight excluding hydrogens is 361 g/mol. The van der Waals surface area contributed by atoms with Gasteiger partial charge in [0.25, 0.3) is 0 Å². The Kier molecular flexibility index (Phi) is 5.85. The van der Waals surface area contributed by atoms with Crippen molar-refractivity contribution in [3.63, 3.8) is 0 Å². The Balaban J connectivity index is 1.79. The lowest BCUT2D eigenvalue weighted by Crippen LogP contribution is -2.26. The standard InChI is InChI=1S/C15H14BrClFNO2/c16-10-1-4-13(5-2-10)21-9-12(20)8-19-15-6-3-11(18)7-14(15)17/h1-7,12,19-20H,8-9H2. The highest BCUT2D eigenvalue weighted by Gasteiger charge is 2.07. The molecule has 0 aliphatic heterocycles. The van der Waals surface area contributed by atoms with Crippen molar-refractivity contribution in [2.45, 2.75) is 6.10 Å². The zero-order valence-electron chi connectivity index (χ0n) is 11.0. The second-order valence-corrected chi connectivity index (χ2v) is 5.75. The maximum Gasteiger partial charge on any atom is 0.124 e. The highest BCUT2D eigenvalue weighted by Crippen LogP contribution is 2.22. The summed E-state index contributed by atoms with van der Waals surface area (Å²) in [4.78, 5) is 0. The van der Waals surface area contributed by atoms with Crippen LogP contribution >= 0.6 is 27.5 Å². The molecule has 2 rings (SSSR count). The van der Waals surface area contributed by atoms with E-state index in [9.17, 15) is 9.50 Å². The molecule has 0 aliphatic carbocycles. The molecular formula is C15H14BrClFNO2. The largest absolute Gasteiger partial charge is 0.491 e. The SMILES string of the molecule is OC(CNc1ccc(F)cc1Cl)COc1ccc(Br)cc1. The van der Waals surface area contributed by atoms with Crippen molar-refractivity contribution in [1.29, 1.82) is 0 Å². The first kappa shape index (κ1) is 16.1. The molecule has 0 amide bonds. The minimum absolute atomic E-state index is 0.146. The van der Waals surface area contributed by atoms with E-state index in [1.54, 1.807) is 12.1 Å². The van der Waals surface area contributed by atoms with Crippen LogP contribution in [0.15, 0.2) is 46.9 Å². The minimum atomic E-state index is -0.713. The fourth-order valence-electron chi connectivity index (χ4n) is 1.64. The van der Waals surface area contributed by atoms with E-state index >= 15 is 0 Å². The zero-order valence-corrected chi connectivity index (χ0v) is 13.4. The first-order valence-electron chi connectivity index (χ1n) is 6.30. The number of aliphatic hydroxyl groups is 1. The van der Waals surface area contributed by atoms with Crippen molar-refractivity contribution in [3.8, 4) is 5.75 Å². The van der Waals surface area contributed by atoms with Crippen molar-refractivity contribution in [2.24, 2.45) is 0 Å². The van der Waals surface area contributed by atoms with E-state index in [0.29, 0.717) is 11.4 Å². The number of benzene rings is 2. The lowest BCUT2D eigenvalue weighted by Gasteiger charge is -2.14. The van der Waals surface area contributed by atoms with Crippen LogP contribution in [-0.4, -0.2) is 24.4 Å². The number of ether oxygens (including phenoxy) is 1. The summed E-state index contributed by atoms with van der Waals surface area (Å²) < 4.78 is 19.3. The monoisotopic (exact) mass is 373 g/mol. The van der Waals surface area contributed by atoms with Gasteiger partial charge in [-0.2, -0.15) is 0 Å². The molecule has 6 heteroatoms. The van der Waals surface area contributed by atoms with Gasteiger partial charge in [0, 0.05) is 11.0 Å². The second-order valence-electron chi connectivity index (χ2n) is 4.42. The summed E-state index contributed by atoms with van der Waals surface area (Å²) in [6, 6.07) is 11.4. The van der Waals surface area contributed by atoms with Gasteiger partial charge in [-0.15, -0.1) is 0 Å². The lowest BCUT2D eigenvalue weighted by atomic mass is 10.3. The summed E-state index contributed by atoms with van der Waals surface area (Å²) in [5.41, 5.74) is 0.570. The molecule has 21 heavy (non-hydrogen) atoms. The predicted molar refractivity (Wildman–Crippen MR) is 85.5 cm³/mol. The third kappa shape index (κ3) is 5.19. The summed E-state index contributed by atoms with van der Waals surface area (Å²) in [6.07, 6.45) is -0.713. The smallest absolute Gasteiger partial charge is 0.124 e. The quantitative estimate of drug-likeness (QED) is 0.800. The summed E-state index contributed by atoms with van der Waals surface area (Å²) in [5, 5.41) is 13.1. The molecule has 0 radical (unpaired) electrons. The van der Waals surface area contributed by atoms with E-state index in [2.05, 4.69) is 21.2 Å². The van der Waals surface area contributed by atoms with Gasteiger partial charge in [-0.1, -0.05) is 27.5 Å². The number of hydrogen-bond donors (Lipinski definition) is 2. The minimum Gasteiger partial charge on any atom is -0.491 e. The number of nitrogens with one attached hydrogen (secondary N) is 1. The molecule has 0 aromatic heterocycles. The van der Waals surface area contributed by atoms with Crippen LogP contribution in [0.1, 0.15) is 0 Å². The van der Waals surface area contributed by atoms with Crippen LogP contribution < -0.4 is 10.1 Å². The van der Waals surface area contributed by atoms with Crippen molar-refractivity contribution >= 4 is 33.2 Å². The van der Waals surface area contributed by atoms with E-state index in [1.807, 2.05) is 12.1 Å². The third-order valence-electron chi connectivity index (χ3n) is 2.72. The molecule has 0 spiro atoms.